The van der Waals surface area contributed by atoms with E-state index in [4.69, 9.17) is 10.3 Å². The smallest absolute Gasteiger partial charge is 0.310 e. The lowest BCUT2D eigenvalue weighted by atomic mass is 10.3. The number of nitrogens with two attached hydrogens (primary N) is 1. The summed E-state index contributed by atoms with van der Waals surface area (Å²) in [6.45, 7) is 0. The Morgan fingerprint density at radius 1 is 1.54 bits per heavy atom. The zero-order valence-electron chi connectivity index (χ0n) is 7.07. The van der Waals surface area contributed by atoms with E-state index in [1.165, 1.54) is 0 Å². The standard InChI is InChI=1S/C8H9N3OS/c1-13-5-2-3-7-6(4-5)10-8(11-9)12-7/h2-4H,9H2,1H3,(H,10,11). The van der Waals surface area contributed by atoms with Gasteiger partial charge in [-0.3, -0.25) is 5.43 Å². The number of fused-ring (bicyclic) bond motifs is 1. The second kappa shape index (κ2) is 3.27. The zero-order chi connectivity index (χ0) is 9.26. The highest BCUT2D eigenvalue weighted by atomic mass is 32.2. The maximum atomic E-state index is 5.26. The predicted molar refractivity (Wildman–Crippen MR) is 53.6 cm³/mol. The number of hydrazine groups is 1. The SMILES string of the molecule is CSc1ccc2oc(NN)nc2c1. The molecule has 2 aromatic rings. The van der Waals surface area contributed by atoms with E-state index in [-0.39, 0.29) is 0 Å². The summed E-state index contributed by atoms with van der Waals surface area (Å²) in [5, 5.41) is 0. The Morgan fingerprint density at radius 3 is 3.08 bits per heavy atom. The lowest BCUT2D eigenvalue weighted by Crippen LogP contribution is -2.06. The molecule has 0 unspecified atom stereocenters. The fourth-order valence-corrected chi connectivity index (χ4v) is 1.53. The van der Waals surface area contributed by atoms with E-state index in [0.29, 0.717) is 6.01 Å². The molecule has 0 radical (unpaired) electrons. The van der Waals surface area contributed by atoms with Gasteiger partial charge in [0.15, 0.2) is 5.58 Å². The van der Waals surface area contributed by atoms with Crippen molar-refractivity contribution in [2.24, 2.45) is 5.84 Å². The maximum Gasteiger partial charge on any atom is 0.310 e. The van der Waals surface area contributed by atoms with Crippen molar-refractivity contribution in [3.05, 3.63) is 18.2 Å². The minimum atomic E-state index is 0.341. The number of hydrogen-bond donors (Lipinski definition) is 2. The fourth-order valence-electron chi connectivity index (χ4n) is 1.10. The van der Waals surface area contributed by atoms with Crippen molar-refractivity contribution in [3.8, 4) is 0 Å². The Kier molecular flexibility index (Phi) is 2.12. The first-order chi connectivity index (χ1) is 6.33. The topological polar surface area (TPSA) is 64.1 Å². The molecular weight excluding hydrogens is 186 g/mol. The third kappa shape index (κ3) is 1.48. The molecule has 3 N–H and O–H groups in total. The molecule has 1 heterocycles. The largest absolute Gasteiger partial charge is 0.423 e. The van der Waals surface area contributed by atoms with Gasteiger partial charge in [0.05, 0.1) is 0 Å². The first-order valence-corrected chi connectivity index (χ1v) is 4.97. The van der Waals surface area contributed by atoms with Crippen LogP contribution in [-0.2, 0) is 0 Å². The molecule has 0 bridgehead atoms. The minimum Gasteiger partial charge on any atom is -0.423 e. The van der Waals surface area contributed by atoms with Crippen molar-refractivity contribution in [2.45, 2.75) is 4.90 Å². The molecule has 0 saturated heterocycles. The third-order valence-electron chi connectivity index (χ3n) is 1.72. The number of nitrogens with zero attached hydrogens (tertiary/aromatic N) is 1. The van der Waals surface area contributed by atoms with Crippen molar-refractivity contribution in [2.75, 3.05) is 11.7 Å². The first-order valence-electron chi connectivity index (χ1n) is 3.74. The average molecular weight is 195 g/mol. The number of oxazole rings is 1. The number of benzene rings is 1. The molecule has 0 aliphatic carbocycles. The molecule has 68 valence electrons. The molecule has 0 fully saturated rings. The molecule has 0 spiro atoms. The Bertz CT molecular complexity index is 424. The Hall–Kier alpha value is -1.20. The van der Waals surface area contributed by atoms with Crippen molar-refractivity contribution in [3.63, 3.8) is 0 Å². The number of thioether (sulfide) groups is 1. The van der Waals surface area contributed by atoms with Crippen LogP contribution in [-0.4, -0.2) is 11.2 Å². The van der Waals surface area contributed by atoms with E-state index in [1.807, 2.05) is 24.5 Å². The van der Waals surface area contributed by atoms with Crippen LogP contribution in [0.1, 0.15) is 0 Å². The van der Waals surface area contributed by atoms with E-state index in [0.717, 1.165) is 16.0 Å². The molecule has 0 aliphatic rings. The van der Waals surface area contributed by atoms with Crippen LogP contribution < -0.4 is 11.3 Å². The van der Waals surface area contributed by atoms with Gasteiger partial charge < -0.3 is 4.42 Å². The number of anilines is 1. The summed E-state index contributed by atoms with van der Waals surface area (Å²) in [5.41, 5.74) is 3.93. The van der Waals surface area contributed by atoms with Crippen molar-refractivity contribution >= 4 is 28.9 Å². The van der Waals surface area contributed by atoms with Gasteiger partial charge in [-0.2, -0.15) is 4.98 Å². The van der Waals surface area contributed by atoms with E-state index in [2.05, 4.69) is 10.4 Å². The number of hydrogen-bond acceptors (Lipinski definition) is 5. The van der Waals surface area contributed by atoms with Gasteiger partial charge in [-0.15, -0.1) is 11.8 Å². The number of aromatic nitrogens is 1. The molecule has 0 atom stereocenters. The highest BCUT2D eigenvalue weighted by Gasteiger charge is 2.03. The summed E-state index contributed by atoms with van der Waals surface area (Å²) >= 11 is 1.67. The Morgan fingerprint density at radius 2 is 2.38 bits per heavy atom. The van der Waals surface area contributed by atoms with Crippen LogP contribution >= 0.6 is 11.8 Å². The molecule has 5 heteroatoms. The monoisotopic (exact) mass is 195 g/mol. The zero-order valence-corrected chi connectivity index (χ0v) is 7.89. The molecule has 0 saturated carbocycles. The first kappa shape index (κ1) is 8.40. The van der Waals surface area contributed by atoms with Gasteiger partial charge >= 0.3 is 6.01 Å². The van der Waals surface area contributed by atoms with Gasteiger partial charge in [0.1, 0.15) is 5.52 Å². The molecule has 0 amide bonds. The van der Waals surface area contributed by atoms with Crippen LogP contribution in [0, 0.1) is 0 Å². The summed E-state index contributed by atoms with van der Waals surface area (Å²) in [7, 11) is 0. The summed E-state index contributed by atoms with van der Waals surface area (Å²) in [5.74, 6) is 5.17. The lowest BCUT2D eigenvalue weighted by Gasteiger charge is -1.92. The van der Waals surface area contributed by atoms with E-state index >= 15 is 0 Å². The molecule has 1 aromatic carbocycles. The summed E-state index contributed by atoms with van der Waals surface area (Å²) in [4.78, 5) is 5.28. The van der Waals surface area contributed by atoms with Crippen molar-refractivity contribution < 1.29 is 4.42 Å². The van der Waals surface area contributed by atoms with Gasteiger partial charge in [0, 0.05) is 4.90 Å². The molecule has 1 aromatic heterocycles. The van der Waals surface area contributed by atoms with E-state index in [9.17, 15) is 0 Å². The fraction of sp³-hybridized carbons (Fsp3) is 0.125. The van der Waals surface area contributed by atoms with Gasteiger partial charge in [-0.25, -0.2) is 5.84 Å². The second-order valence-corrected chi connectivity index (χ2v) is 3.38. The lowest BCUT2D eigenvalue weighted by molar-refractivity contribution is 0.616. The molecule has 4 nitrogen and oxygen atoms in total. The van der Waals surface area contributed by atoms with Crippen LogP contribution in [0.4, 0.5) is 6.01 Å². The highest BCUT2D eigenvalue weighted by molar-refractivity contribution is 7.98. The van der Waals surface area contributed by atoms with Gasteiger partial charge in [-0.05, 0) is 24.5 Å². The average Bonchev–Trinajstić information content (AvgIpc) is 2.58. The molecule has 2 rings (SSSR count). The van der Waals surface area contributed by atoms with Crippen LogP contribution in [0.5, 0.6) is 0 Å². The van der Waals surface area contributed by atoms with Crippen molar-refractivity contribution in [1.29, 1.82) is 0 Å². The van der Waals surface area contributed by atoms with Gasteiger partial charge in [0.2, 0.25) is 0 Å². The highest BCUT2D eigenvalue weighted by Crippen LogP contribution is 2.23. The Labute approximate surface area is 79.5 Å². The molecule has 13 heavy (non-hydrogen) atoms. The van der Waals surface area contributed by atoms with Gasteiger partial charge in [-0.1, -0.05) is 0 Å². The Balaban J connectivity index is 2.57. The van der Waals surface area contributed by atoms with Crippen molar-refractivity contribution in [1.82, 2.24) is 4.98 Å². The third-order valence-corrected chi connectivity index (χ3v) is 2.44. The van der Waals surface area contributed by atoms with Crippen LogP contribution in [0.2, 0.25) is 0 Å². The molecular formula is C8H9N3OS. The van der Waals surface area contributed by atoms with Gasteiger partial charge in [0.25, 0.3) is 0 Å². The number of nitrogen functional groups attached to an aromatic ring is 1. The normalized spacial score (nSPS) is 10.6. The molecule has 0 aliphatic heterocycles. The van der Waals surface area contributed by atoms with Crippen LogP contribution in [0.15, 0.2) is 27.5 Å². The number of rotatable bonds is 2. The summed E-state index contributed by atoms with van der Waals surface area (Å²) in [6, 6.07) is 6.17. The summed E-state index contributed by atoms with van der Waals surface area (Å²) < 4.78 is 5.26. The predicted octanol–water partition coefficient (Wildman–Crippen LogP) is 1.84. The second-order valence-electron chi connectivity index (χ2n) is 2.50. The van der Waals surface area contributed by atoms with E-state index < -0.39 is 0 Å². The number of nitrogens with one attached hydrogen (secondary N) is 1. The quantitative estimate of drug-likeness (QED) is 0.435. The maximum absolute atomic E-state index is 5.26. The van der Waals surface area contributed by atoms with Crippen LogP contribution in [0.3, 0.4) is 0 Å². The summed E-state index contributed by atoms with van der Waals surface area (Å²) in [6.07, 6.45) is 2.02. The van der Waals surface area contributed by atoms with E-state index in [1.54, 1.807) is 11.8 Å². The van der Waals surface area contributed by atoms with Crippen LogP contribution in [0.25, 0.3) is 11.1 Å². The minimum absolute atomic E-state index is 0.341.